The first-order valence-corrected chi connectivity index (χ1v) is 33.0. The summed E-state index contributed by atoms with van der Waals surface area (Å²) in [5.41, 5.74) is -18.0. The molecule has 6 aromatic rings. The average molecular weight is 1310 g/mol. The molecular weight excluding hydrogens is 1230 g/mol. The second-order valence-electron chi connectivity index (χ2n) is 33.3. The minimum Gasteiger partial charge on any atom is -0.446 e. The van der Waals surface area contributed by atoms with E-state index in [4.69, 9.17) is 47.4 Å². The van der Waals surface area contributed by atoms with Crippen LogP contribution in [0.4, 0.5) is 0 Å². The maximum absolute atomic E-state index is 15.6. The predicted molar refractivity (Wildman–Crippen MR) is 346 cm³/mol. The minimum atomic E-state index is -1.80. The lowest BCUT2D eigenvalue weighted by Gasteiger charge is -2.35. The van der Waals surface area contributed by atoms with Crippen molar-refractivity contribution >= 4 is 114 Å². The molecule has 8 bridgehead atoms. The molecule has 0 amide bonds. The van der Waals surface area contributed by atoms with Crippen molar-refractivity contribution < 1.29 is 95.3 Å². The normalized spacial score (nSPS) is 31.4. The summed E-state index contributed by atoms with van der Waals surface area (Å²) in [6, 6.07) is 15.5. The Morgan fingerprint density at radius 3 is 0.812 bits per heavy atom. The van der Waals surface area contributed by atoms with Gasteiger partial charge in [0.1, 0.15) is 34.5 Å². The monoisotopic (exact) mass is 1310 g/mol. The second kappa shape index (κ2) is 19.1. The fourth-order valence-corrected chi connectivity index (χ4v) is 17.3. The van der Waals surface area contributed by atoms with Crippen LogP contribution in [0.1, 0.15) is 176 Å². The van der Waals surface area contributed by atoms with Crippen molar-refractivity contribution in [1.82, 2.24) is 0 Å². The Morgan fingerprint density at radius 2 is 0.573 bits per heavy atom. The summed E-state index contributed by atoms with van der Waals surface area (Å²) in [6.45, 7) is 31.2. The van der Waals surface area contributed by atoms with Crippen molar-refractivity contribution in [3.05, 3.63) is 60.7 Å². The first kappa shape index (κ1) is 64.6. The number of fused-ring (bicyclic) bond motifs is 17. The quantitative estimate of drug-likeness (QED) is 0.0534. The van der Waals surface area contributed by atoms with Crippen molar-refractivity contribution in [3.63, 3.8) is 0 Å². The number of hydrogen-bond donors (Lipinski definition) is 0. The third-order valence-corrected chi connectivity index (χ3v) is 26.2. The topological polar surface area (TPSA) is 263 Å². The third-order valence-electron chi connectivity index (χ3n) is 26.2. The molecular formula is C76H80O20. The van der Waals surface area contributed by atoms with Crippen LogP contribution in [-0.4, -0.2) is 82.1 Å². The molecule has 4 saturated carbocycles. The van der Waals surface area contributed by atoms with E-state index in [9.17, 15) is 28.8 Å². The molecule has 8 aliphatic rings. The molecule has 6 aromatic carbocycles. The summed E-state index contributed by atoms with van der Waals surface area (Å²) < 4.78 is 64.0. The fourth-order valence-electron chi connectivity index (χ4n) is 17.3. The average Bonchev–Trinajstić information content (AvgIpc) is 0.833. The van der Waals surface area contributed by atoms with Gasteiger partial charge in [0.05, 0.1) is 32.5 Å². The smallest absolute Gasteiger partial charge is 0.356 e. The van der Waals surface area contributed by atoms with Crippen molar-refractivity contribution in [2.45, 2.75) is 198 Å². The van der Waals surface area contributed by atoms with Gasteiger partial charge in [-0.1, -0.05) is 67.5 Å². The second-order valence-corrected chi connectivity index (χ2v) is 33.3. The first-order chi connectivity index (χ1) is 44.3. The lowest BCUT2D eigenvalue weighted by Crippen LogP contribution is -2.50. The molecule has 8 fully saturated rings. The van der Waals surface area contributed by atoms with Gasteiger partial charge in [-0.2, -0.15) is 0 Å². The molecule has 0 aromatic heterocycles. The van der Waals surface area contributed by atoms with Crippen LogP contribution >= 0.6 is 0 Å². The highest BCUT2D eigenvalue weighted by molar-refractivity contribution is 6.36. The predicted octanol–water partition coefficient (Wildman–Crippen LogP) is 13.5. The summed E-state index contributed by atoms with van der Waals surface area (Å²) in [5.74, 6) is -8.14. The largest absolute Gasteiger partial charge is 0.446 e. The summed E-state index contributed by atoms with van der Waals surface area (Å²) in [4.78, 5) is 146. The van der Waals surface area contributed by atoms with E-state index in [0.717, 1.165) is 0 Å². The minimum absolute atomic E-state index is 0.0178. The van der Waals surface area contributed by atoms with E-state index >= 15 is 19.2 Å². The van der Waals surface area contributed by atoms with Crippen LogP contribution in [-0.2, 0) is 66.9 Å². The molecule has 4 heterocycles. The summed E-state index contributed by atoms with van der Waals surface area (Å²) in [7, 11) is 0. The Balaban J connectivity index is 1.12. The van der Waals surface area contributed by atoms with Crippen molar-refractivity contribution in [2.75, 3.05) is 0 Å². The molecule has 8 atom stereocenters. The SMILES string of the molecule is CC(C)(C)C(=O)Oc1cc2c(OC(=O)[C@@]34CC[C@@](C)(C(=O)O3)C4(C)C)ccc(OC(=O)[C@@]34CC[C@@](C)(C(=O)O3)C4(C)C)c2c2c1ccc1ccc3c(OC(=O)C(C)(C)C)cc4c(OC(=O)[C@@]56CC[C@@](C)(C(=O)O5)C6(C)C)ccc(OC(=O)[C@@]56CC[C@@](C)(C(=O)O5)C6(C)C)c4c3c12. The Morgan fingerprint density at radius 1 is 0.312 bits per heavy atom. The molecule has 4 aliphatic carbocycles. The third kappa shape index (κ3) is 7.56. The zero-order valence-corrected chi connectivity index (χ0v) is 57.6. The van der Waals surface area contributed by atoms with E-state index in [1.54, 1.807) is 149 Å². The van der Waals surface area contributed by atoms with Gasteiger partial charge in [0.25, 0.3) is 0 Å². The number of benzene rings is 6. The van der Waals surface area contributed by atoms with Crippen molar-refractivity contribution in [1.29, 1.82) is 0 Å². The van der Waals surface area contributed by atoms with Crippen LogP contribution < -0.4 is 28.4 Å². The van der Waals surface area contributed by atoms with Crippen molar-refractivity contribution in [2.24, 2.45) is 54.1 Å². The van der Waals surface area contributed by atoms with Gasteiger partial charge in [0.15, 0.2) is 0 Å². The van der Waals surface area contributed by atoms with Gasteiger partial charge < -0.3 is 47.4 Å². The van der Waals surface area contributed by atoms with Crippen LogP contribution in [0.15, 0.2) is 60.7 Å². The van der Waals surface area contributed by atoms with Gasteiger partial charge >= 0.3 is 59.7 Å². The van der Waals surface area contributed by atoms with E-state index in [1.807, 2.05) is 0 Å². The Kier molecular flexibility index (Phi) is 12.9. The highest BCUT2D eigenvalue weighted by Gasteiger charge is 2.80. The maximum Gasteiger partial charge on any atom is 0.356 e. The zero-order chi connectivity index (χ0) is 69.8. The first-order valence-electron chi connectivity index (χ1n) is 33.0. The van der Waals surface area contributed by atoms with E-state index in [1.165, 1.54) is 36.4 Å². The van der Waals surface area contributed by atoms with E-state index in [-0.39, 0.29) is 109 Å². The molecule has 0 radical (unpaired) electrons. The Hall–Kier alpha value is -8.68. The maximum atomic E-state index is 15.6. The van der Waals surface area contributed by atoms with Crippen LogP contribution in [0.25, 0.3) is 53.9 Å². The number of carbonyl (C=O) groups excluding carboxylic acids is 10. The van der Waals surface area contributed by atoms with Crippen LogP contribution in [0.2, 0.25) is 0 Å². The molecule has 504 valence electrons. The van der Waals surface area contributed by atoms with Gasteiger partial charge in [-0.25, -0.2) is 19.2 Å². The van der Waals surface area contributed by atoms with E-state index < -0.39 is 136 Å². The standard InChI is InChI=1S/C76H80O20/c1-63(2,3)53(77)91-46-35-40-42(87-59(83)73-31-27-69(15,55(79)93-73)65(73,7)8)23-25-44(89-61(85)75-33-29-71(17,57(81)95-75)67(75,11)12)49(40)51-38(46)21-19-37-20-22-39-47(92-54(78)64(4,5)6)36-41-43(88-60(84)74-32-28-70(16,56(80)94-74)66(74,9)10)24-26-45(50(41)52(39)48(37)51)90-62(86)76-34-30-72(18,58(82)96-76)68(76,13)14/h19-26,35-36H,27-34H2,1-18H3/t69-,70-,71-,72-,73+,74+,75+,76+/m0/s1. The molecule has 20 heteroatoms. The molecule has 0 unspecified atom stereocenters. The van der Waals surface area contributed by atoms with Gasteiger partial charge in [0.2, 0.25) is 22.4 Å². The van der Waals surface area contributed by atoms with Crippen LogP contribution in [0.3, 0.4) is 0 Å². The van der Waals surface area contributed by atoms with Crippen molar-refractivity contribution in [3.8, 4) is 34.5 Å². The highest BCUT2D eigenvalue weighted by Crippen LogP contribution is 2.70. The number of hydrogen-bond acceptors (Lipinski definition) is 20. The van der Waals surface area contributed by atoms with E-state index in [2.05, 4.69) is 0 Å². The Labute approximate surface area is 554 Å². The Bertz CT molecular complexity index is 4430. The summed E-state index contributed by atoms with van der Waals surface area (Å²) in [6.07, 6.45) is 1.71. The molecule has 96 heavy (non-hydrogen) atoms. The molecule has 0 N–H and O–H groups in total. The molecule has 14 rings (SSSR count). The fraction of sp³-hybridized carbons (Fsp3) is 0.526. The lowest BCUT2D eigenvalue weighted by atomic mass is 9.66. The van der Waals surface area contributed by atoms with Crippen LogP contribution in [0.5, 0.6) is 34.5 Å². The number of carbonyl (C=O) groups is 10. The summed E-state index contributed by atoms with van der Waals surface area (Å²) >= 11 is 0. The van der Waals surface area contributed by atoms with Crippen LogP contribution in [0, 0.1) is 54.1 Å². The molecule has 4 saturated heterocycles. The highest BCUT2D eigenvalue weighted by atomic mass is 16.6. The molecule has 0 spiro atoms. The number of rotatable bonds is 10. The molecule has 20 nitrogen and oxygen atoms in total. The number of esters is 10. The zero-order valence-electron chi connectivity index (χ0n) is 57.6. The van der Waals surface area contributed by atoms with Gasteiger partial charge in [-0.15, -0.1) is 0 Å². The van der Waals surface area contributed by atoms with Gasteiger partial charge in [-0.05, 0) is 180 Å². The number of ether oxygens (including phenoxy) is 10. The molecule has 4 aliphatic heterocycles. The lowest BCUT2D eigenvalue weighted by molar-refractivity contribution is -0.176. The van der Waals surface area contributed by atoms with Gasteiger partial charge in [-0.3, -0.25) is 28.8 Å². The summed E-state index contributed by atoms with van der Waals surface area (Å²) in [5, 5.41) is 1.44. The van der Waals surface area contributed by atoms with Gasteiger partial charge in [0, 0.05) is 64.7 Å². The van der Waals surface area contributed by atoms with E-state index in [0.29, 0.717) is 31.1 Å².